The third kappa shape index (κ3) is 5.05. The second-order valence-corrected chi connectivity index (χ2v) is 10.2. The van der Waals surface area contributed by atoms with Crippen molar-refractivity contribution in [1.82, 2.24) is 30.2 Å². The highest BCUT2D eigenvalue weighted by Crippen LogP contribution is 2.30. The molecule has 5 N–H and O–H groups in total. The number of carbonyl (C=O) groups excluding carboxylic acids is 1. The molecule has 0 unspecified atom stereocenters. The van der Waals surface area contributed by atoms with E-state index in [1.54, 1.807) is 11.6 Å². The number of aromatic amines is 1. The number of H-pyrrole nitrogens is 1. The zero-order valence-corrected chi connectivity index (χ0v) is 21.1. The maximum absolute atomic E-state index is 14.0. The lowest BCUT2D eigenvalue weighted by Gasteiger charge is -2.30. The maximum atomic E-state index is 14.0. The van der Waals surface area contributed by atoms with Crippen molar-refractivity contribution in [3.05, 3.63) is 71.7 Å². The number of anilines is 2. The van der Waals surface area contributed by atoms with Gasteiger partial charge in [0.15, 0.2) is 11.0 Å². The highest BCUT2D eigenvalue weighted by atomic mass is 32.1. The standard InChI is InChI=1S/C27H25FN8OS/c28-16-9-19-20(13-31-24(19)30-12-16)25-34-21(15-5-2-1-3-6-15)11-23(36-25)32-17-7-4-8-18(10-17)33-26(37)22-14-38-27(29)35-22/h1-3,5-6,9,11-14,17-18H,4,7-8,10H2,(H2,29,35)(H,30,31)(H,33,37)(H,32,34,36)/t17-,18+/m1/s1. The van der Waals surface area contributed by atoms with Crippen LogP contribution in [0.25, 0.3) is 33.7 Å². The van der Waals surface area contributed by atoms with Crippen LogP contribution >= 0.6 is 11.3 Å². The summed E-state index contributed by atoms with van der Waals surface area (Å²) in [5.74, 6) is 0.497. The zero-order chi connectivity index (χ0) is 26.1. The highest BCUT2D eigenvalue weighted by molar-refractivity contribution is 7.13. The molecule has 38 heavy (non-hydrogen) atoms. The van der Waals surface area contributed by atoms with Crippen LogP contribution in [-0.2, 0) is 0 Å². The van der Waals surface area contributed by atoms with E-state index in [0.717, 1.165) is 36.9 Å². The van der Waals surface area contributed by atoms with Crippen LogP contribution in [0, 0.1) is 5.82 Å². The van der Waals surface area contributed by atoms with Crippen LogP contribution in [0.3, 0.4) is 0 Å². The largest absolute Gasteiger partial charge is 0.375 e. The first kappa shape index (κ1) is 24.0. The number of halogens is 1. The molecule has 5 aromatic rings. The SMILES string of the molecule is Nc1nc(C(=O)N[C@H]2CCC[C@@H](Nc3cc(-c4ccccc4)nc(-c4c[nH]c5ncc(F)cc45)n3)C2)cs1. The molecule has 6 rings (SSSR count). The van der Waals surface area contributed by atoms with E-state index in [0.29, 0.717) is 39.1 Å². The minimum absolute atomic E-state index is 0.00856. The Labute approximate surface area is 221 Å². The third-order valence-corrected chi connectivity index (χ3v) is 7.32. The number of nitrogens with two attached hydrogens (primary N) is 1. The summed E-state index contributed by atoms with van der Waals surface area (Å²) in [5, 5.41) is 9.32. The number of rotatable bonds is 6. The summed E-state index contributed by atoms with van der Waals surface area (Å²) in [5.41, 5.74) is 8.96. The predicted molar refractivity (Wildman–Crippen MR) is 146 cm³/mol. The topological polar surface area (TPSA) is 134 Å². The van der Waals surface area contributed by atoms with E-state index >= 15 is 0 Å². The van der Waals surface area contributed by atoms with E-state index in [1.165, 1.54) is 23.6 Å². The number of carbonyl (C=O) groups is 1. The molecule has 1 fully saturated rings. The molecule has 192 valence electrons. The van der Waals surface area contributed by atoms with Gasteiger partial charge in [0.25, 0.3) is 5.91 Å². The van der Waals surface area contributed by atoms with Gasteiger partial charge in [0.1, 0.15) is 23.0 Å². The van der Waals surface area contributed by atoms with Crippen LogP contribution < -0.4 is 16.4 Å². The van der Waals surface area contributed by atoms with E-state index in [4.69, 9.17) is 15.7 Å². The Hall–Kier alpha value is -4.38. The van der Waals surface area contributed by atoms with Gasteiger partial charge in [0.05, 0.1) is 11.9 Å². The monoisotopic (exact) mass is 528 g/mol. The number of aromatic nitrogens is 5. The van der Waals surface area contributed by atoms with Gasteiger partial charge in [0.2, 0.25) is 0 Å². The van der Waals surface area contributed by atoms with Gasteiger partial charge in [0, 0.05) is 46.2 Å². The smallest absolute Gasteiger partial charge is 0.271 e. The summed E-state index contributed by atoms with van der Waals surface area (Å²) in [7, 11) is 0. The zero-order valence-electron chi connectivity index (χ0n) is 20.3. The quantitative estimate of drug-likeness (QED) is 0.243. The van der Waals surface area contributed by atoms with Crippen molar-refractivity contribution >= 4 is 39.2 Å². The lowest BCUT2D eigenvalue weighted by atomic mass is 9.91. The van der Waals surface area contributed by atoms with Crippen LogP contribution in [0.4, 0.5) is 15.3 Å². The Balaban J connectivity index is 1.28. The summed E-state index contributed by atoms with van der Waals surface area (Å²) in [6, 6.07) is 13.3. The van der Waals surface area contributed by atoms with Crippen molar-refractivity contribution < 1.29 is 9.18 Å². The fourth-order valence-electron chi connectivity index (χ4n) is 4.87. The minimum atomic E-state index is -0.424. The van der Waals surface area contributed by atoms with Gasteiger partial charge in [-0.05, 0) is 31.7 Å². The molecule has 0 saturated heterocycles. The number of pyridine rings is 1. The highest BCUT2D eigenvalue weighted by Gasteiger charge is 2.25. The molecule has 9 nitrogen and oxygen atoms in total. The van der Waals surface area contributed by atoms with Gasteiger partial charge in [-0.2, -0.15) is 0 Å². The lowest BCUT2D eigenvalue weighted by Crippen LogP contribution is -2.42. The number of fused-ring (bicyclic) bond motifs is 1. The first-order valence-electron chi connectivity index (χ1n) is 12.4. The van der Waals surface area contributed by atoms with Crippen molar-refractivity contribution in [1.29, 1.82) is 0 Å². The summed E-state index contributed by atoms with van der Waals surface area (Å²) in [6.45, 7) is 0. The second-order valence-electron chi connectivity index (χ2n) is 9.33. The lowest BCUT2D eigenvalue weighted by molar-refractivity contribution is 0.0922. The van der Waals surface area contributed by atoms with E-state index in [9.17, 15) is 9.18 Å². The van der Waals surface area contributed by atoms with E-state index in [2.05, 4.69) is 25.6 Å². The number of nitrogens with zero attached hydrogens (tertiary/aromatic N) is 4. The van der Waals surface area contributed by atoms with Crippen molar-refractivity contribution in [3.63, 3.8) is 0 Å². The van der Waals surface area contributed by atoms with Crippen LogP contribution in [0.5, 0.6) is 0 Å². The normalized spacial score (nSPS) is 17.4. The van der Waals surface area contributed by atoms with Crippen molar-refractivity contribution in [2.24, 2.45) is 0 Å². The van der Waals surface area contributed by atoms with Crippen LogP contribution in [0.1, 0.15) is 36.2 Å². The summed E-state index contributed by atoms with van der Waals surface area (Å²) in [6.07, 6.45) is 6.47. The van der Waals surface area contributed by atoms with Gasteiger partial charge in [-0.1, -0.05) is 30.3 Å². The molecule has 4 heterocycles. The number of benzene rings is 1. The van der Waals surface area contributed by atoms with Gasteiger partial charge in [-0.15, -0.1) is 11.3 Å². The molecular formula is C27H25FN8OS. The molecule has 0 radical (unpaired) electrons. The van der Waals surface area contributed by atoms with Gasteiger partial charge < -0.3 is 21.4 Å². The number of nitrogens with one attached hydrogen (secondary N) is 3. The average molecular weight is 529 g/mol. The molecule has 0 aliphatic heterocycles. The van der Waals surface area contributed by atoms with Crippen molar-refractivity contribution in [2.45, 2.75) is 37.8 Å². The maximum Gasteiger partial charge on any atom is 0.271 e. The average Bonchev–Trinajstić information content (AvgIpc) is 3.55. The van der Waals surface area contributed by atoms with Gasteiger partial charge in [-0.25, -0.2) is 24.3 Å². The minimum Gasteiger partial charge on any atom is -0.375 e. The van der Waals surface area contributed by atoms with Crippen LogP contribution in [0.15, 0.2) is 60.2 Å². The molecule has 1 amide bonds. The van der Waals surface area contributed by atoms with Gasteiger partial charge in [-0.3, -0.25) is 4.79 Å². The summed E-state index contributed by atoms with van der Waals surface area (Å²) in [4.78, 5) is 33.5. The Morgan fingerprint density at radius 1 is 1.11 bits per heavy atom. The Kier molecular flexibility index (Phi) is 6.42. The molecule has 1 aliphatic rings. The molecule has 0 bridgehead atoms. The molecule has 1 saturated carbocycles. The van der Waals surface area contributed by atoms with Crippen LogP contribution in [0.2, 0.25) is 0 Å². The van der Waals surface area contributed by atoms with E-state index < -0.39 is 5.82 Å². The molecule has 2 atom stereocenters. The van der Waals surface area contributed by atoms with Crippen molar-refractivity contribution in [3.8, 4) is 22.6 Å². The molecule has 11 heteroatoms. The number of amides is 1. The molecular weight excluding hydrogens is 503 g/mol. The van der Waals surface area contributed by atoms with Crippen LogP contribution in [-0.4, -0.2) is 42.9 Å². The fraction of sp³-hybridized carbons (Fsp3) is 0.222. The Bertz CT molecular complexity index is 1600. The van der Waals surface area contributed by atoms with E-state index in [1.807, 2.05) is 36.4 Å². The third-order valence-electron chi connectivity index (χ3n) is 6.65. The molecule has 4 aromatic heterocycles. The first-order valence-corrected chi connectivity index (χ1v) is 13.3. The summed E-state index contributed by atoms with van der Waals surface area (Å²) < 4.78 is 14.0. The molecule has 1 aromatic carbocycles. The number of nitrogen functional groups attached to an aromatic ring is 1. The first-order chi connectivity index (χ1) is 18.5. The number of hydrogen-bond donors (Lipinski definition) is 4. The molecule has 0 spiro atoms. The predicted octanol–water partition coefficient (Wildman–Crippen LogP) is 5.02. The number of thiazole rings is 1. The van der Waals surface area contributed by atoms with Crippen molar-refractivity contribution in [2.75, 3.05) is 11.1 Å². The molecule has 1 aliphatic carbocycles. The fourth-order valence-corrected chi connectivity index (χ4v) is 5.42. The van der Waals surface area contributed by atoms with E-state index in [-0.39, 0.29) is 18.0 Å². The summed E-state index contributed by atoms with van der Waals surface area (Å²) >= 11 is 1.25. The number of hydrogen-bond acceptors (Lipinski definition) is 8. The Morgan fingerprint density at radius 2 is 1.95 bits per heavy atom. The Morgan fingerprint density at radius 3 is 2.76 bits per heavy atom. The second kappa shape index (κ2) is 10.2. The van der Waals surface area contributed by atoms with Gasteiger partial charge >= 0.3 is 0 Å².